The number of hydrogen-bond acceptors (Lipinski definition) is 4. The maximum Gasteiger partial charge on any atom is 0.309 e. The smallest absolute Gasteiger partial charge is 0.309 e. The highest BCUT2D eigenvalue weighted by atomic mass is 16.6. The molecule has 0 unspecified atom stereocenters. The Labute approximate surface area is 145 Å². The lowest BCUT2D eigenvalue weighted by atomic mass is 9.92. The van der Waals surface area contributed by atoms with E-state index in [1.54, 1.807) is 27.7 Å². The van der Waals surface area contributed by atoms with Crippen LogP contribution >= 0.6 is 0 Å². The van der Waals surface area contributed by atoms with Gasteiger partial charge in [-0.2, -0.15) is 0 Å². The molecular weight excluding hydrogens is 304 g/mol. The Hall–Kier alpha value is -1.84. The predicted octanol–water partition coefficient (Wildman–Crippen LogP) is 4.40. The average Bonchev–Trinajstić information content (AvgIpc) is 2.44. The Morgan fingerprint density at radius 1 is 1.08 bits per heavy atom. The molecular formula is C20H30O4. The zero-order valence-corrected chi connectivity index (χ0v) is 15.9. The van der Waals surface area contributed by atoms with Crippen molar-refractivity contribution in [1.82, 2.24) is 0 Å². The molecule has 0 radical (unpaired) electrons. The Balaban J connectivity index is 2.60. The third kappa shape index (κ3) is 6.34. The second kappa shape index (κ2) is 8.32. The molecule has 0 saturated carbocycles. The molecule has 0 aromatic heterocycles. The van der Waals surface area contributed by atoms with Gasteiger partial charge in [-0.3, -0.25) is 9.59 Å². The minimum Gasteiger partial charge on any atom is -0.462 e. The molecule has 134 valence electrons. The van der Waals surface area contributed by atoms with Gasteiger partial charge >= 0.3 is 11.9 Å². The number of aryl methyl sites for hydroxylation is 1. The fourth-order valence-electron chi connectivity index (χ4n) is 2.47. The van der Waals surface area contributed by atoms with Crippen LogP contribution in [0, 0.1) is 12.8 Å². The summed E-state index contributed by atoms with van der Waals surface area (Å²) in [6.07, 6.45) is -0.235. The molecule has 0 aliphatic rings. The van der Waals surface area contributed by atoms with Gasteiger partial charge in [-0.05, 0) is 45.7 Å². The highest BCUT2D eigenvalue weighted by molar-refractivity contribution is 5.79. The lowest BCUT2D eigenvalue weighted by molar-refractivity contribution is -0.163. The van der Waals surface area contributed by atoms with E-state index in [1.807, 2.05) is 39.0 Å². The number of ether oxygens (including phenoxy) is 2. The second-order valence-electron chi connectivity index (χ2n) is 7.48. The first-order chi connectivity index (χ1) is 11.0. The SMILES string of the molecule is Cc1ccccc1[C@@H](C)[C@H](C)OC(=O)[C@@H](C)CC(=O)OC(C)(C)C. The molecule has 0 heterocycles. The van der Waals surface area contributed by atoms with Gasteiger partial charge < -0.3 is 9.47 Å². The van der Waals surface area contributed by atoms with E-state index in [4.69, 9.17) is 9.47 Å². The summed E-state index contributed by atoms with van der Waals surface area (Å²) in [5, 5.41) is 0. The van der Waals surface area contributed by atoms with Gasteiger partial charge in [-0.15, -0.1) is 0 Å². The van der Waals surface area contributed by atoms with Gasteiger partial charge in [-0.25, -0.2) is 0 Å². The summed E-state index contributed by atoms with van der Waals surface area (Å²) in [5.41, 5.74) is 1.79. The minimum absolute atomic E-state index is 0.0293. The number of rotatable bonds is 6. The summed E-state index contributed by atoms with van der Waals surface area (Å²) in [5.74, 6) is -1.18. The minimum atomic E-state index is -0.548. The Kier molecular flexibility index (Phi) is 7.00. The fourth-order valence-corrected chi connectivity index (χ4v) is 2.47. The van der Waals surface area contributed by atoms with Crippen molar-refractivity contribution in [2.75, 3.05) is 0 Å². The lowest BCUT2D eigenvalue weighted by Crippen LogP contribution is -2.29. The van der Waals surface area contributed by atoms with Crippen LogP contribution in [0.4, 0.5) is 0 Å². The summed E-state index contributed by atoms with van der Waals surface area (Å²) < 4.78 is 10.8. The number of benzene rings is 1. The normalized spacial score (nSPS) is 15.3. The molecule has 0 aliphatic carbocycles. The molecule has 1 aromatic rings. The number of hydrogen-bond donors (Lipinski definition) is 0. The second-order valence-corrected chi connectivity index (χ2v) is 7.48. The van der Waals surface area contributed by atoms with Crippen LogP contribution in [0.25, 0.3) is 0 Å². The first-order valence-electron chi connectivity index (χ1n) is 8.49. The van der Waals surface area contributed by atoms with E-state index in [0.717, 1.165) is 5.56 Å². The van der Waals surface area contributed by atoms with Crippen LogP contribution in [0.15, 0.2) is 24.3 Å². The van der Waals surface area contributed by atoms with E-state index >= 15 is 0 Å². The van der Waals surface area contributed by atoms with Crippen molar-refractivity contribution < 1.29 is 19.1 Å². The van der Waals surface area contributed by atoms with Crippen molar-refractivity contribution in [3.63, 3.8) is 0 Å². The van der Waals surface area contributed by atoms with Crippen LogP contribution < -0.4 is 0 Å². The number of carbonyl (C=O) groups excluding carboxylic acids is 2. The fraction of sp³-hybridized carbons (Fsp3) is 0.600. The molecule has 1 rings (SSSR count). The number of carbonyl (C=O) groups is 2. The van der Waals surface area contributed by atoms with Gasteiger partial charge in [0, 0.05) is 5.92 Å². The maximum absolute atomic E-state index is 12.2. The summed E-state index contributed by atoms with van der Waals surface area (Å²) in [4.78, 5) is 24.1. The molecule has 0 bridgehead atoms. The first kappa shape index (κ1) is 20.2. The van der Waals surface area contributed by atoms with Crippen LogP contribution in [0.1, 0.15) is 65.0 Å². The van der Waals surface area contributed by atoms with E-state index in [-0.39, 0.29) is 30.4 Å². The van der Waals surface area contributed by atoms with Gasteiger partial charge in [0.05, 0.1) is 12.3 Å². The average molecular weight is 334 g/mol. The molecule has 0 N–H and O–H groups in total. The van der Waals surface area contributed by atoms with Crippen molar-refractivity contribution >= 4 is 11.9 Å². The summed E-state index contributed by atoms with van der Waals surface area (Å²) >= 11 is 0. The molecule has 1 aromatic carbocycles. The number of esters is 2. The van der Waals surface area contributed by atoms with Crippen molar-refractivity contribution in [3.05, 3.63) is 35.4 Å². The summed E-state index contributed by atoms with van der Waals surface area (Å²) in [7, 11) is 0. The van der Waals surface area contributed by atoms with Crippen LogP contribution in [0.5, 0.6) is 0 Å². The summed E-state index contributed by atoms with van der Waals surface area (Å²) in [6.45, 7) is 13.1. The van der Waals surface area contributed by atoms with E-state index < -0.39 is 11.5 Å². The maximum atomic E-state index is 12.2. The largest absolute Gasteiger partial charge is 0.462 e. The van der Waals surface area contributed by atoms with Crippen molar-refractivity contribution in [2.45, 2.75) is 72.5 Å². The Morgan fingerprint density at radius 2 is 1.67 bits per heavy atom. The van der Waals surface area contributed by atoms with Gasteiger partial charge in [0.2, 0.25) is 0 Å². The van der Waals surface area contributed by atoms with E-state index in [2.05, 4.69) is 6.07 Å². The Bertz CT molecular complexity index is 571. The predicted molar refractivity (Wildman–Crippen MR) is 94.8 cm³/mol. The lowest BCUT2D eigenvalue weighted by Gasteiger charge is -2.24. The monoisotopic (exact) mass is 334 g/mol. The molecule has 0 saturated heterocycles. The molecule has 24 heavy (non-hydrogen) atoms. The van der Waals surface area contributed by atoms with Gasteiger partial charge in [-0.1, -0.05) is 38.1 Å². The third-order valence-electron chi connectivity index (χ3n) is 3.98. The Morgan fingerprint density at radius 3 is 2.21 bits per heavy atom. The molecule has 0 amide bonds. The highest BCUT2D eigenvalue weighted by Gasteiger charge is 2.26. The van der Waals surface area contributed by atoms with Crippen molar-refractivity contribution in [3.8, 4) is 0 Å². The molecule has 0 fully saturated rings. The summed E-state index contributed by atoms with van der Waals surface area (Å²) in [6, 6.07) is 8.07. The molecule has 0 aliphatic heterocycles. The third-order valence-corrected chi connectivity index (χ3v) is 3.98. The zero-order valence-electron chi connectivity index (χ0n) is 15.9. The van der Waals surface area contributed by atoms with Crippen LogP contribution in [0.2, 0.25) is 0 Å². The highest BCUT2D eigenvalue weighted by Crippen LogP contribution is 2.25. The molecule has 4 heteroatoms. The topological polar surface area (TPSA) is 52.6 Å². The molecule has 3 atom stereocenters. The zero-order chi connectivity index (χ0) is 18.5. The van der Waals surface area contributed by atoms with Gasteiger partial charge in [0.15, 0.2) is 0 Å². The van der Waals surface area contributed by atoms with Crippen LogP contribution in [-0.2, 0) is 19.1 Å². The van der Waals surface area contributed by atoms with Crippen molar-refractivity contribution in [1.29, 1.82) is 0 Å². The van der Waals surface area contributed by atoms with E-state index in [1.165, 1.54) is 5.56 Å². The quantitative estimate of drug-likeness (QED) is 0.724. The molecule has 0 spiro atoms. The van der Waals surface area contributed by atoms with E-state index in [0.29, 0.717) is 0 Å². The van der Waals surface area contributed by atoms with Crippen LogP contribution in [-0.4, -0.2) is 23.6 Å². The van der Waals surface area contributed by atoms with Gasteiger partial charge in [0.25, 0.3) is 0 Å². The van der Waals surface area contributed by atoms with Gasteiger partial charge in [0.1, 0.15) is 11.7 Å². The first-order valence-corrected chi connectivity index (χ1v) is 8.49. The van der Waals surface area contributed by atoms with Crippen molar-refractivity contribution in [2.24, 2.45) is 5.92 Å². The molecule has 4 nitrogen and oxygen atoms in total. The van der Waals surface area contributed by atoms with E-state index in [9.17, 15) is 9.59 Å². The van der Waals surface area contributed by atoms with Crippen LogP contribution in [0.3, 0.4) is 0 Å². The standard InChI is InChI=1S/C20H30O4/c1-13-10-8-9-11-17(13)15(3)16(4)23-19(22)14(2)12-18(21)24-20(5,6)7/h8-11,14-16H,12H2,1-7H3/t14-,15-,16-/m0/s1.